The second kappa shape index (κ2) is 13.9. The van der Waals surface area contributed by atoms with Gasteiger partial charge in [0.05, 0.1) is 7.11 Å². The van der Waals surface area contributed by atoms with E-state index in [1.54, 1.807) is 12.1 Å². The highest BCUT2D eigenvalue weighted by Gasteiger charge is 2.21. The summed E-state index contributed by atoms with van der Waals surface area (Å²) in [7, 11) is 1.50. The van der Waals surface area contributed by atoms with Crippen LogP contribution in [0.5, 0.6) is 11.5 Å². The molecule has 0 unspecified atom stereocenters. The van der Waals surface area contributed by atoms with Crippen molar-refractivity contribution in [3.05, 3.63) is 23.8 Å². The fourth-order valence-electron chi connectivity index (χ4n) is 3.39. The quantitative estimate of drug-likeness (QED) is 0.346. The van der Waals surface area contributed by atoms with Crippen LogP contribution >= 0.6 is 0 Å². The number of rotatable bonds is 14. The van der Waals surface area contributed by atoms with E-state index in [9.17, 15) is 14.7 Å². The Morgan fingerprint density at radius 3 is 2.17 bits per heavy atom. The molecule has 0 bridgehead atoms. The van der Waals surface area contributed by atoms with Crippen molar-refractivity contribution in [2.24, 2.45) is 0 Å². The molecule has 1 rings (SSSR count). The zero-order chi connectivity index (χ0) is 21.6. The molecule has 0 heterocycles. The first kappa shape index (κ1) is 24.8. The lowest BCUT2D eigenvalue weighted by atomic mass is 9.99. The van der Waals surface area contributed by atoms with Crippen LogP contribution in [0, 0.1) is 0 Å². The van der Waals surface area contributed by atoms with Gasteiger partial charge < -0.3 is 19.3 Å². The molecule has 0 saturated carbocycles. The van der Waals surface area contributed by atoms with Crippen LogP contribution in [0.15, 0.2) is 18.2 Å². The van der Waals surface area contributed by atoms with Gasteiger partial charge in [0, 0.05) is 20.3 Å². The molecule has 0 radical (unpaired) electrons. The summed E-state index contributed by atoms with van der Waals surface area (Å²) in [6.45, 7) is 4.98. The molecule has 0 fully saturated rings. The molecule has 164 valence electrons. The molecule has 6 heteroatoms. The van der Waals surface area contributed by atoms with E-state index in [1.807, 2.05) is 6.07 Å². The number of aryl methyl sites for hydroxylation is 1. The minimum atomic E-state index is -0.345. The number of phenols is 1. The Hall–Kier alpha value is -2.24. The molecule has 0 amide bonds. The van der Waals surface area contributed by atoms with Gasteiger partial charge in [-0.15, -0.1) is 0 Å². The fraction of sp³-hybridized carbons (Fsp3) is 0.652. The zero-order valence-corrected chi connectivity index (χ0v) is 18.2. The average molecular weight is 409 g/mol. The van der Waals surface area contributed by atoms with Crippen LogP contribution in [0.25, 0.3) is 0 Å². The number of benzene rings is 1. The number of phenolic OH excluding ortho intramolecular Hbond substituents is 1. The molecule has 1 N–H and O–H groups in total. The van der Waals surface area contributed by atoms with Crippen LogP contribution in [0.4, 0.5) is 0 Å². The highest BCUT2D eigenvalue weighted by molar-refractivity contribution is 5.66. The zero-order valence-electron chi connectivity index (χ0n) is 18.2. The summed E-state index contributed by atoms with van der Waals surface area (Å²) in [5.74, 6) is -0.154. The normalized spacial score (nSPS) is 12.8. The van der Waals surface area contributed by atoms with Gasteiger partial charge in [-0.1, -0.05) is 38.7 Å². The highest BCUT2D eigenvalue weighted by Crippen LogP contribution is 2.27. The van der Waals surface area contributed by atoms with Gasteiger partial charge in [-0.25, -0.2) is 0 Å². The molecule has 0 spiro atoms. The number of aromatic hydroxyl groups is 1. The van der Waals surface area contributed by atoms with Crippen LogP contribution < -0.4 is 4.74 Å². The van der Waals surface area contributed by atoms with Crippen molar-refractivity contribution in [3.8, 4) is 11.5 Å². The van der Waals surface area contributed by atoms with Crippen molar-refractivity contribution in [2.45, 2.75) is 90.8 Å². The van der Waals surface area contributed by atoms with Crippen LogP contribution in [0.2, 0.25) is 0 Å². The Bertz CT molecular complexity index is 628. The SMILES string of the molecule is CCCCCCC[C@H](C[C@H](CCc1ccc(O)c(OC)c1)OC(C)=O)OC(C)=O. The van der Waals surface area contributed by atoms with Crippen molar-refractivity contribution in [1.82, 2.24) is 0 Å². The van der Waals surface area contributed by atoms with Gasteiger partial charge in [0.1, 0.15) is 12.2 Å². The standard InChI is InChI=1S/C23H36O6/c1-5-6-7-8-9-10-20(28-17(2)24)16-21(29-18(3)25)13-11-19-12-14-22(26)23(15-19)27-4/h12,14-15,20-21,26H,5-11,13,16H2,1-4H3/t20-,21+/m1/s1. The monoisotopic (exact) mass is 408 g/mol. The van der Waals surface area contributed by atoms with E-state index < -0.39 is 0 Å². The van der Waals surface area contributed by atoms with Gasteiger partial charge in [0.2, 0.25) is 0 Å². The molecular weight excluding hydrogens is 372 g/mol. The van der Waals surface area contributed by atoms with Gasteiger partial charge in [0.25, 0.3) is 0 Å². The Balaban J connectivity index is 2.69. The second-order valence-electron chi connectivity index (χ2n) is 7.45. The summed E-state index contributed by atoms with van der Waals surface area (Å²) in [6, 6.07) is 5.18. The number of unbranched alkanes of at least 4 members (excludes halogenated alkanes) is 4. The summed E-state index contributed by atoms with van der Waals surface area (Å²) in [4.78, 5) is 23.1. The Morgan fingerprint density at radius 2 is 1.59 bits per heavy atom. The molecule has 29 heavy (non-hydrogen) atoms. The van der Waals surface area contributed by atoms with Crippen molar-refractivity contribution in [1.29, 1.82) is 0 Å². The number of esters is 2. The minimum absolute atomic E-state index is 0.0887. The van der Waals surface area contributed by atoms with E-state index >= 15 is 0 Å². The van der Waals surface area contributed by atoms with Gasteiger partial charge in [-0.2, -0.15) is 0 Å². The van der Waals surface area contributed by atoms with E-state index in [4.69, 9.17) is 14.2 Å². The summed E-state index contributed by atoms with van der Waals surface area (Å²) < 4.78 is 16.1. The molecule has 0 aliphatic heterocycles. The van der Waals surface area contributed by atoms with Gasteiger partial charge in [-0.3, -0.25) is 9.59 Å². The molecule has 0 saturated heterocycles. The van der Waals surface area contributed by atoms with Crippen molar-refractivity contribution >= 4 is 11.9 Å². The third kappa shape index (κ3) is 10.8. The Kier molecular flexibility index (Phi) is 11.8. The number of hydrogen-bond donors (Lipinski definition) is 1. The maximum atomic E-state index is 11.6. The minimum Gasteiger partial charge on any atom is -0.504 e. The largest absolute Gasteiger partial charge is 0.504 e. The molecule has 1 aromatic rings. The van der Waals surface area contributed by atoms with Gasteiger partial charge in [0.15, 0.2) is 11.5 Å². The van der Waals surface area contributed by atoms with Gasteiger partial charge in [-0.05, 0) is 43.4 Å². The lowest BCUT2D eigenvalue weighted by molar-refractivity contribution is -0.153. The van der Waals surface area contributed by atoms with Crippen LogP contribution in [0.3, 0.4) is 0 Å². The smallest absolute Gasteiger partial charge is 0.302 e. The van der Waals surface area contributed by atoms with Crippen LogP contribution in [-0.2, 0) is 25.5 Å². The predicted octanol–water partition coefficient (Wildman–Crippen LogP) is 4.95. The van der Waals surface area contributed by atoms with Crippen molar-refractivity contribution in [2.75, 3.05) is 7.11 Å². The summed E-state index contributed by atoms with van der Waals surface area (Å²) in [5, 5.41) is 9.73. The first-order valence-corrected chi connectivity index (χ1v) is 10.6. The highest BCUT2D eigenvalue weighted by atomic mass is 16.6. The maximum absolute atomic E-state index is 11.6. The maximum Gasteiger partial charge on any atom is 0.302 e. The molecule has 2 atom stereocenters. The summed E-state index contributed by atoms with van der Waals surface area (Å²) >= 11 is 0. The van der Waals surface area contributed by atoms with E-state index in [1.165, 1.54) is 40.2 Å². The van der Waals surface area contributed by atoms with Crippen LogP contribution in [0.1, 0.15) is 77.7 Å². The van der Waals surface area contributed by atoms with E-state index in [-0.39, 0.29) is 29.9 Å². The lowest BCUT2D eigenvalue weighted by Gasteiger charge is -2.23. The van der Waals surface area contributed by atoms with Crippen LogP contribution in [-0.4, -0.2) is 36.4 Å². The molecule has 0 aliphatic carbocycles. The van der Waals surface area contributed by atoms with Gasteiger partial charge >= 0.3 is 11.9 Å². The average Bonchev–Trinajstić information content (AvgIpc) is 2.66. The third-order valence-corrected chi connectivity index (χ3v) is 4.82. The molecule has 1 aromatic carbocycles. The van der Waals surface area contributed by atoms with E-state index in [2.05, 4.69) is 6.92 Å². The summed E-state index contributed by atoms with van der Waals surface area (Å²) in [6.07, 6.45) is 7.58. The number of carbonyl (C=O) groups is 2. The predicted molar refractivity (Wildman–Crippen MR) is 112 cm³/mol. The third-order valence-electron chi connectivity index (χ3n) is 4.82. The fourth-order valence-corrected chi connectivity index (χ4v) is 3.39. The number of carbonyl (C=O) groups excluding carboxylic acids is 2. The summed E-state index contributed by atoms with van der Waals surface area (Å²) in [5.41, 5.74) is 0.973. The Labute approximate surface area is 174 Å². The number of ether oxygens (including phenoxy) is 3. The molecule has 6 nitrogen and oxygen atoms in total. The first-order valence-electron chi connectivity index (χ1n) is 10.6. The van der Waals surface area contributed by atoms with Crippen molar-refractivity contribution in [3.63, 3.8) is 0 Å². The van der Waals surface area contributed by atoms with Crippen molar-refractivity contribution < 1.29 is 28.9 Å². The topological polar surface area (TPSA) is 82.1 Å². The lowest BCUT2D eigenvalue weighted by Crippen LogP contribution is -2.27. The molecule has 0 aromatic heterocycles. The molecular formula is C23H36O6. The number of methoxy groups -OCH3 is 1. The van der Waals surface area contributed by atoms with E-state index in [0.29, 0.717) is 25.0 Å². The van der Waals surface area contributed by atoms with E-state index in [0.717, 1.165) is 24.8 Å². The second-order valence-corrected chi connectivity index (χ2v) is 7.45. The first-order chi connectivity index (χ1) is 13.8. The Morgan fingerprint density at radius 1 is 0.966 bits per heavy atom. The number of hydrogen-bond acceptors (Lipinski definition) is 6. The molecule has 0 aliphatic rings.